The van der Waals surface area contributed by atoms with Gasteiger partial charge >= 0.3 is 0 Å². The summed E-state index contributed by atoms with van der Waals surface area (Å²) in [6.07, 6.45) is 3.75. The molecule has 0 spiro atoms. The summed E-state index contributed by atoms with van der Waals surface area (Å²) in [5.41, 5.74) is 1.90. The second kappa shape index (κ2) is 10.4. The van der Waals surface area contributed by atoms with Crippen molar-refractivity contribution in [2.75, 3.05) is 31.3 Å². The molecule has 0 aliphatic rings. The maximum atomic E-state index is 13.7. The Hall–Kier alpha value is -3.88. The lowest BCUT2D eigenvalue weighted by Gasteiger charge is -2.31. The van der Waals surface area contributed by atoms with Crippen LogP contribution in [0.15, 0.2) is 60.9 Å². The van der Waals surface area contributed by atoms with E-state index in [0.29, 0.717) is 58.0 Å². The number of hydrogen-bond acceptors (Lipinski definition) is 6. The molecule has 0 aliphatic heterocycles. The van der Waals surface area contributed by atoms with Gasteiger partial charge in [-0.25, -0.2) is 4.98 Å². The van der Waals surface area contributed by atoms with Crippen molar-refractivity contribution in [3.8, 4) is 11.5 Å². The molecule has 36 heavy (non-hydrogen) atoms. The largest absolute Gasteiger partial charge is 0.457 e. The Morgan fingerprint density at radius 2 is 1.89 bits per heavy atom. The van der Waals surface area contributed by atoms with Gasteiger partial charge in [-0.2, -0.15) is 0 Å². The van der Waals surface area contributed by atoms with Crippen LogP contribution in [-0.2, 0) is 4.79 Å². The number of H-pyrrole nitrogens is 1. The van der Waals surface area contributed by atoms with E-state index >= 15 is 0 Å². The number of benzene rings is 2. The highest BCUT2D eigenvalue weighted by molar-refractivity contribution is 6.36. The minimum Gasteiger partial charge on any atom is -0.457 e. The number of carbonyl (C=O) groups is 2. The average Bonchev–Trinajstić information content (AvgIpc) is 3.25. The van der Waals surface area contributed by atoms with Crippen LogP contribution in [-0.4, -0.2) is 53.2 Å². The van der Waals surface area contributed by atoms with Crippen molar-refractivity contribution in [3.05, 3.63) is 77.1 Å². The van der Waals surface area contributed by atoms with E-state index in [0.717, 1.165) is 0 Å². The summed E-state index contributed by atoms with van der Waals surface area (Å²) in [5, 5.41) is 7.03. The molecule has 0 saturated carbocycles. The van der Waals surface area contributed by atoms with E-state index in [1.807, 2.05) is 58.3 Å². The molecule has 0 atom stereocenters. The van der Waals surface area contributed by atoms with E-state index in [1.54, 1.807) is 30.6 Å². The Balaban J connectivity index is 1.74. The molecule has 186 valence electrons. The number of carbonyl (C=O) groups excluding carboxylic acids is 2. The smallest absolute Gasteiger partial charge is 0.211 e. The number of likely N-dealkylation sites (N-methyl/N-ethyl adjacent to an activating group) is 1. The molecule has 0 saturated heterocycles. The van der Waals surface area contributed by atoms with Crippen LogP contribution in [0.3, 0.4) is 0 Å². The Morgan fingerprint density at radius 1 is 1.14 bits per heavy atom. The van der Waals surface area contributed by atoms with Crippen LogP contribution in [0.4, 0.5) is 11.4 Å². The molecule has 4 aromatic rings. The van der Waals surface area contributed by atoms with E-state index < -0.39 is 0 Å². The van der Waals surface area contributed by atoms with Crippen LogP contribution < -0.4 is 15.4 Å². The van der Waals surface area contributed by atoms with Crippen LogP contribution in [0.5, 0.6) is 11.5 Å². The molecule has 1 amide bonds. The minimum absolute atomic E-state index is 0.264. The van der Waals surface area contributed by atoms with E-state index in [4.69, 9.17) is 16.3 Å². The van der Waals surface area contributed by atoms with Gasteiger partial charge < -0.3 is 25.3 Å². The summed E-state index contributed by atoms with van der Waals surface area (Å²) in [7, 11) is 3.96. The summed E-state index contributed by atoms with van der Waals surface area (Å²) >= 11 is 6.54. The second-order valence-corrected chi connectivity index (χ2v) is 9.77. The number of anilines is 2. The highest BCUT2D eigenvalue weighted by Crippen LogP contribution is 2.36. The molecule has 2 aromatic heterocycles. The maximum absolute atomic E-state index is 13.7. The first-order valence-corrected chi connectivity index (χ1v) is 11.8. The molecule has 0 aliphatic carbocycles. The number of fused-ring (bicyclic) bond motifs is 1. The van der Waals surface area contributed by atoms with Crippen molar-refractivity contribution in [3.63, 3.8) is 0 Å². The SMILES string of the molecule is CN(C)CC(C)(C)Nc1c(NC=O)cnc2[nH]cc(C(=O)c3ccc(Oc4ccccc4)cc3Cl)c12. The number of hydrogen-bond donors (Lipinski definition) is 3. The van der Waals surface area contributed by atoms with Crippen molar-refractivity contribution >= 4 is 46.2 Å². The predicted octanol–water partition coefficient (Wildman–Crippen LogP) is 5.56. The Morgan fingerprint density at radius 3 is 2.56 bits per heavy atom. The number of para-hydroxylation sites is 1. The summed E-state index contributed by atoms with van der Waals surface area (Å²) in [6.45, 7) is 4.79. The van der Waals surface area contributed by atoms with Gasteiger partial charge in [0.1, 0.15) is 17.1 Å². The molecule has 3 N–H and O–H groups in total. The lowest BCUT2D eigenvalue weighted by molar-refractivity contribution is -0.105. The monoisotopic (exact) mass is 505 g/mol. The minimum atomic E-state index is -0.386. The van der Waals surface area contributed by atoms with Gasteiger partial charge in [-0.05, 0) is 52.2 Å². The molecule has 0 bridgehead atoms. The Bertz CT molecular complexity index is 1400. The number of halogens is 1. The van der Waals surface area contributed by atoms with Crippen LogP contribution in [0.2, 0.25) is 5.02 Å². The highest BCUT2D eigenvalue weighted by atomic mass is 35.5. The molecule has 4 rings (SSSR count). The normalized spacial score (nSPS) is 11.5. The standard InChI is InChI=1S/C27H28ClN5O3/c1-27(2,15-33(3)4)32-24-22(31-16-34)14-30-26-23(24)20(13-29-26)25(35)19-11-10-18(12-21(19)28)36-17-8-6-5-7-9-17/h5-14,16H,15H2,1-4H3,(H,31,34)(H2,29,30,32). The highest BCUT2D eigenvalue weighted by Gasteiger charge is 2.26. The first kappa shape index (κ1) is 25.2. The van der Waals surface area contributed by atoms with Gasteiger partial charge in [0, 0.05) is 29.9 Å². The predicted molar refractivity (Wildman–Crippen MR) is 143 cm³/mol. The fraction of sp³-hybridized carbons (Fsp3) is 0.222. The van der Waals surface area contributed by atoms with Gasteiger partial charge in [0.15, 0.2) is 5.78 Å². The van der Waals surface area contributed by atoms with Crippen LogP contribution in [0, 0.1) is 0 Å². The van der Waals surface area contributed by atoms with Gasteiger partial charge in [0.25, 0.3) is 0 Å². The maximum Gasteiger partial charge on any atom is 0.211 e. The van der Waals surface area contributed by atoms with Crippen molar-refractivity contribution < 1.29 is 14.3 Å². The molecule has 2 aromatic carbocycles. The molecule has 2 heterocycles. The van der Waals surface area contributed by atoms with Gasteiger partial charge in [0.2, 0.25) is 6.41 Å². The first-order valence-electron chi connectivity index (χ1n) is 11.4. The van der Waals surface area contributed by atoms with Crippen molar-refractivity contribution in [2.45, 2.75) is 19.4 Å². The van der Waals surface area contributed by atoms with Crippen LogP contribution in [0.1, 0.15) is 29.8 Å². The van der Waals surface area contributed by atoms with Gasteiger partial charge in [0.05, 0.1) is 33.5 Å². The molecule has 9 heteroatoms. The summed E-state index contributed by atoms with van der Waals surface area (Å²) in [4.78, 5) is 34.5. The lowest BCUT2D eigenvalue weighted by atomic mass is 9.99. The fourth-order valence-electron chi connectivity index (χ4n) is 4.26. The molecule has 0 unspecified atom stereocenters. The van der Waals surface area contributed by atoms with E-state index in [-0.39, 0.29) is 16.3 Å². The topological polar surface area (TPSA) is 99.4 Å². The summed E-state index contributed by atoms with van der Waals surface area (Å²) in [5.74, 6) is 0.909. The number of ketones is 1. The number of ether oxygens (including phenoxy) is 1. The van der Waals surface area contributed by atoms with E-state index in [2.05, 4.69) is 25.5 Å². The molecule has 0 fully saturated rings. The molecule has 8 nitrogen and oxygen atoms in total. The van der Waals surface area contributed by atoms with Crippen LogP contribution in [0.25, 0.3) is 11.0 Å². The second-order valence-electron chi connectivity index (χ2n) is 9.37. The van der Waals surface area contributed by atoms with E-state index in [9.17, 15) is 9.59 Å². The van der Waals surface area contributed by atoms with E-state index in [1.165, 1.54) is 0 Å². The third-order valence-electron chi connectivity index (χ3n) is 5.50. The summed E-state index contributed by atoms with van der Waals surface area (Å²) < 4.78 is 5.84. The molecular weight excluding hydrogens is 478 g/mol. The van der Waals surface area contributed by atoms with Crippen molar-refractivity contribution in [2.24, 2.45) is 0 Å². The molecule has 0 radical (unpaired) electrons. The zero-order chi connectivity index (χ0) is 25.9. The number of nitrogens with zero attached hydrogens (tertiary/aromatic N) is 2. The zero-order valence-corrected chi connectivity index (χ0v) is 21.3. The average molecular weight is 506 g/mol. The lowest BCUT2D eigenvalue weighted by Crippen LogP contribution is -2.41. The first-order chi connectivity index (χ1) is 17.2. The number of amides is 1. The molecular formula is C27H28ClN5O3. The number of aromatic amines is 1. The fourth-order valence-corrected chi connectivity index (χ4v) is 4.52. The number of rotatable bonds is 10. The summed E-state index contributed by atoms with van der Waals surface area (Å²) in [6, 6.07) is 14.3. The van der Waals surface area contributed by atoms with Crippen LogP contribution >= 0.6 is 11.6 Å². The Kier molecular flexibility index (Phi) is 7.28. The number of nitrogens with one attached hydrogen (secondary N) is 3. The third kappa shape index (κ3) is 5.50. The number of aromatic nitrogens is 2. The van der Waals surface area contributed by atoms with Gasteiger partial charge in [-0.15, -0.1) is 0 Å². The third-order valence-corrected chi connectivity index (χ3v) is 5.81. The van der Waals surface area contributed by atoms with Gasteiger partial charge in [-0.1, -0.05) is 29.8 Å². The quantitative estimate of drug-likeness (QED) is 0.193. The van der Waals surface area contributed by atoms with Crippen molar-refractivity contribution in [1.29, 1.82) is 0 Å². The van der Waals surface area contributed by atoms with Gasteiger partial charge in [-0.3, -0.25) is 9.59 Å². The zero-order valence-electron chi connectivity index (χ0n) is 20.6. The number of pyridine rings is 1. The van der Waals surface area contributed by atoms with Crippen molar-refractivity contribution in [1.82, 2.24) is 14.9 Å². The Labute approximate surface area is 214 Å².